The van der Waals surface area contributed by atoms with Gasteiger partial charge in [-0.3, -0.25) is 0 Å². The Labute approximate surface area is 287 Å². The van der Waals surface area contributed by atoms with Crippen LogP contribution in [0.3, 0.4) is 0 Å². The van der Waals surface area contributed by atoms with Gasteiger partial charge in [0.25, 0.3) is 0 Å². The number of aliphatic hydroxyl groups excluding tert-OH is 1. The van der Waals surface area contributed by atoms with Crippen molar-refractivity contribution in [2.24, 2.45) is 0 Å². The summed E-state index contributed by atoms with van der Waals surface area (Å²) in [6.45, 7) is 22.6. The predicted molar refractivity (Wildman–Crippen MR) is 210 cm³/mol. The summed E-state index contributed by atoms with van der Waals surface area (Å²) in [5, 5.41) is 8.96. The van der Waals surface area contributed by atoms with Gasteiger partial charge in [0.05, 0.1) is 6.61 Å². The molecule has 0 fully saturated rings. The van der Waals surface area contributed by atoms with E-state index in [9.17, 15) is 0 Å². The van der Waals surface area contributed by atoms with Gasteiger partial charge < -0.3 is 5.11 Å². The van der Waals surface area contributed by atoms with E-state index >= 15 is 0 Å². The van der Waals surface area contributed by atoms with Crippen LogP contribution < -0.4 is 0 Å². The smallest absolute Gasteiger partial charge is 0.0614 e. The molecule has 0 saturated carbocycles. The molecule has 1 N–H and O–H groups in total. The Morgan fingerprint density at radius 1 is 0.283 bits per heavy atom. The number of aliphatic hydroxyl groups is 1. The van der Waals surface area contributed by atoms with Gasteiger partial charge in [-0.1, -0.05) is 105 Å². The largest absolute Gasteiger partial charge is 0.392 e. The lowest BCUT2D eigenvalue weighted by molar-refractivity contribution is 0.341. The summed E-state index contributed by atoms with van der Waals surface area (Å²) in [4.78, 5) is 0. The van der Waals surface area contributed by atoms with E-state index in [1.807, 2.05) is 6.08 Å². The van der Waals surface area contributed by atoms with E-state index in [4.69, 9.17) is 5.11 Å². The normalized spacial score (nSPS) is 14.8. The van der Waals surface area contributed by atoms with Crippen LogP contribution in [-0.4, -0.2) is 11.7 Å². The molecule has 0 amide bonds. The van der Waals surface area contributed by atoms with E-state index in [0.717, 1.165) is 57.8 Å². The molecule has 0 unspecified atom stereocenters. The molecule has 0 spiro atoms. The number of allylic oxidation sites excluding steroid dienone is 17. The molecule has 1 heteroatoms. The molecule has 0 atom stereocenters. The zero-order valence-corrected chi connectivity index (χ0v) is 32.2. The standard InChI is InChI=1S/C45H74O/c1-37(2)19-11-20-38(3)21-12-22-39(4)23-13-24-40(5)25-14-26-41(6)27-15-28-42(7)29-16-30-43(8)31-17-32-44(9)33-18-34-45(10)35-36-46/h19,21,23,25,27,29,31,33,35,46H,11-18,20,22,24,26,28,30,32,34,36H2,1-10H3/b38-21-,39-23+,40-25+,41-27-,42-29+,43-31+,44-33+,45-35+. The Hall–Kier alpha value is -2.38. The third-order valence-corrected chi connectivity index (χ3v) is 8.75. The summed E-state index contributed by atoms with van der Waals surface area (Å²) in [6.07, 6.45) is 39.7. The maximum Gasteiger partial charge on any atom is 0.0614 e. The van der Waals surface area contributed by atoms with E-state index in [1.54, 1.807) is 0 Å². The van der Waals surface area contributed by atoms with Gasteiger partial charge in [0.2, 0.25) is 0 Å². The van der Waals surface area contributed by atoms with Gasteiger partial charge >= 0.3 is 0 Å². The van der Waals surface area contributed by atoms with Gasteiger partial charge in [0.1, 0.15) is 0 Å². The Morgan fingerprint density at radius 3 is 0.630 bits per heavy atom. The minimum atomic E-state index is 0.150. The van der Waals surface area contributed by atoms with Crippen molar-refractivity contribution in [1.29, 1.82) is 0 Å². The minimum absolute atomic E-state index is 0.150. The average molecular weight is 631 g/mol. The Bertz CT molecular complexity index is 1100. The Kier molecular flexibility index (Phi) is 27.3. The van der Waals surface area contributed by atoms with Gasteiger partial charge in [-0.25, -0.2) is 0 Å². The van der Waals surface area contributed by atoms with E-state index < -0.39 is 0 Å². The maximum absolute atomic E-state index is 8.96. The number of hydrogen-bond acceptors (Lipinski definition) is 1. The van der Waals surface area contributed by atoms with Crippen molar-refractivity contribution in [1.82, 2.24) is 0 Å². The molecule has 260 valence electrons. The monoisotopic (exact) mass is 631 g/mol. The van der Waals surface area contributed by atoms with Crippen LogP contribution in [0.4, 0.5) is 0 Å². The molecule has 0 aromatic carbocycles. The summed E-state index contributed by atoms with van der Waals surface area (Å²) < 4.78 is 0. The molecule has 0 aliphatic heterocycles. The third-order valence-electron chi connectivity index (χ3n) is 8.75. The molecule has 0 aliphatic carbocycles. The molecule has 0 aromatic heterocycles. The quantitative estimate of drug-likeness (QED) is 0.0995. The third kappa shape index (κ3) is 29.1. The SMILES string of the molecule is CC(C)=CCC/C(C)=C\CC/C(C)=C/CC/C(C)=C/CC/C(C)=C\CC/C(C)=C/CC/C(C)=C/CC/C(C)=C/CC/C(C)=C/CO. The first kappa shape index (κ1) is 43.6. The highest BCUT2D eigenvalue weighted by molar-refractivity contribution is 5.10. The van der Waals surface area contributed by atoms with Crippen molar-refractivity contribution in [3.8, 4) is 0 Å². The lowest BCUT2D eigenvalue weighted by Crippen LogP contribution is -1.84. The molecule has 0 rings (SSSR count). The number of hydrogen-bond donors (Lipinski definition) is 1. The summed E-state index contributed by atoms with van der Waals surface area (Å²) in [5.74, 6) is 0. The van der Waals surface area contributed by atoms with Crippen molar-refractivity contribution in [2.45, 2.75) is 172 Å². The Morgan fingerprint density at radius 2 is 0.457 bits per heavy atom. The zero-order valence-electron chi connectivity index (χ0n) is 32.2. The summed E-state index contributed by atoms with van der Waals surface area (Å²) >= 11 is 0. The zero-order chi connectivity index (χ0) is 34.6. The van der Waals surface area contributed by atoms with Crippen molar-refractivity contribution in [2.75, 3.05) is 6.61 Å². The van der Waals surface area contributed by atoms with E-state index in [2.05, 4.69) is 118 Å². The first-order chi connectivity index (χ1) is 21.9. The van der Waals surface area contributed by atoms with Crippen LogP contribution in [0, 0.1) is 0 Å². The molecular formula is C45H74O. The van der Waals surface area contributed by atoms with Gasteiger partial charge in [0, 0.05) is 0 Å². The van der Waals surface area contributed by atoms with Crippen LogP contribution >= 0.6 is 0 Å². The first-order valence-corrected chi connectivity index (χ1v) is 18.4. The summed E-state index contributed by atoms with van der Waals surface area (Å²) in [7, 11) is 0. The fourth-order valence-electron chi connectivity index (χ4n) is 5.38. The van der Waals surface area contributed by atoms with Crippen LogP contribution in [0.1, 0.15) is 172 Å². The van der Waals surface area contributed by atoms with Gasteiger partial charge in [-0.2, -0.15) is 0 Å². The van der Waals surface area contributed by atoms with E-state index in [0.29, 0.717) is 0 Å². The van der Waals surface area contributed by atoms with Crippen LogP contribution in [0.2, 0.25) is 0 Å². The van der Waals surface area contributed by atoms with E-state index in [-0.39, 0.29) is 6.61 Å². The van der Waals surface area contributed by atoms with Gasteiger partial charge in [0.15, 0.2) is 0 Å². The maximum atomic E-state index is 8.96. The van der Waals surface area contributed by atoms with Crippen LogP contribution in [0.15, 0.2) is 105 Å². The second-order valence-electron chi connectivity index (χ2n) is 14.2. The lowest BCUT2D eigenvalue weighted by atomic mass is 10.0. The van der Waals surface area contributed by atoms with E-state index in [1.165, 1.54) is 95.1 Å². The second kappa shape index (κ2) is 28.8. The van der Waals surface area contributed by atoms with Crippen molar-refractivity contribution < 1.29 is 5.11 Å². The molecule has 46 heavy (non-hydrogen) atoms. The molecule has 0 aromatic rings. The highest BCUT2D eigenvalue weighted by Gasteiger charge is 1.97. The van der Waals surface area contributed by atoms with Crippen LogP contribution in [0.5, 0.6) is 0 Å². The van der Waals surface area contributed by atoms with Crippen molar-refractivity contribution in [3.63, 3.8) is 0 Å². The van der Waals surface area contributed by atoms with Crippen molar-refractivity contribution >= 4 is 0 Å². The highest BCUT2D eigenvalue weighted by atomic mass is 16.2. The molecular weight excluding hydrogens is 556 g/mol. The van der Waals surface area contributed by atoms with Gasteiger partial charge in [-0.15, -0.1) is 0 Å². The molecule has 0 heterocycles. The molecule has 0 saturated heterocycles. The Balaban J connectivity index is 4.21. The minimum Gasteiger partial charge on any atom is -0.392 e. The van der Waals surface area contributed by atoms with Crippen molar-refractivity contribution in [3.05, 3.63) is 105 Å². The summed E-state index contributed by atoms with van der Waals surface area (Å²) in [6, 6.07) is 0. The summed E-state index contributed by atoms with van der Waals surface area (Å²) in [5.41, 5.74) is 13.3. The molecule has 0 aliphatic rings. The number of rotatable bonds is 25. The molecule has 0 bridgehead atoms. The fourth-order valence-corrected chi connectivity index (χ4v) is 5.38. The molecule has 1 nitrogen and oxygen atoms in total. The van der Waals surface area contributed by atoms with Gasteiger partial charge in [-0.05, 0) is 172 Å². The topological polar surface area (TPSA) is 20.2 Å². The second-order valence-corrected chi connectivity index (χ2v) is 14.2. The first-order valence-electron chi connectivity index (χ1n) is 18.4. The van der Waals surface area contributed by atoms with Crippen LogP contribution in [0.25, 0.3) is 0 Å². The van der Waals surface area contributed by atoms with Crippen LogP contribution in [-0.2, 0) is 0 Å². The average Bonchev–Trinajstić information content (AvgIpc) is 2.97. The highest BCUT2D eigenvalue weighted by Crippen LogP contribution is 2.17. The molecule has 0 radical (unpaired) electrons. The predicted octanol–water partition coefficient (Wildman–Crippen LogP) is 14.8. The lowest BCUT2D eigenvalue weighted by Gasteiger charge is -2.04. The fraction of sp³-hybridized carbons (Fsp3) is 0.600.